The summed E-state index contributed by atoms with van der Waals surface area (Å²) in [5, 5.41) is 3.52. The molecule has 1 aromatic rings. The highest BCUT2D eigenvalue weighted by Crippen LogP contribution is 2.55. The molecule has 0 aromatic heterocycles. The normalized spacial score (nSPS) is 31.0. The van der Waals surface area contributed by atoms with E-state index in [9.17, 15) is 4.79 Å². The van der Waals surface area contributed by atoms with Crippen molar-refractivity contribution >= 4 is 5.91 Å². The molecule has 0 radical (unpaired) electrons. The number of nitrogens with zero attached hydrogens (tertiary/aromatic N) is 1. The van der Waals surface area contributed by atoms with E-state index in [0.717, 1.165) is 42.2 Å². The number of methoxy groups -OCH3 is 2. The predicted molar refractivity (Wildman–Crippen MR) is 114 cm³/mol. The zero-order valence-corrected chi connectivity index (χ0v) is 18.4. The third-order valence-corrected chi connectivity index (χ3v) is 7.67. The Hall–Kier alpha value is -1.75. The van der Waals surface area contributed by atoms with Gasteiger partial charge in [-0.3, -0.25) is 9.69 Å². The van der Waals surface area contributed by atoms with Gasteiger partial charge in [-0.15, -0.1) is 0 Å². The summed E-state index contributed by atoms with van der Waals surface area (Å²) in [7, 11) is 5.35. The molecule has 5 nitrogen and oxygen atoms in total. The molecule has 0 aliphatic heterocycles. The van der Waals surface area contributed by atoms with Crippen LogP contribution in [0, 0.1) is 17.8 Å². The fraction of sp³-hybridized carbons (Fsp3) is 0.708. The number of ether oxygens (including phenoxy) is 2. The van der Waals surface area contributed by atoms with E-state index in [1.165, 1.54) is 44.1 Å². The van der Waals surface area contributed by atoms with Crippen LogP contribution in [0.3, 0.4) is 0 Å². The summed E-state index contributed by atoms with van der Waals surface area (Å²) in [6.07, 6.45) is 8.67. The zero-order valence-electron chi connectivity index (χ0n) is 18.4. The molecule has 1 N–H and O–H groups in total. The van der Waals surface area contributed by atoms with Crippen LogP contribution in [0.5, 0.6) is 11.5 Å². The average Bonchev–Trinajstić information content (AvgIpc) is 2.69. The van der Waals surface area contributed by atoms with Gasteiger partial charge in [-0.05, 0) is 94.4 Å². The van der Waals surface area contributed by atoms with Gasteiger partial charge in [0.1, 0.15) is 0 Å². The van der Waals surface area contributed by atoms with Crippen molar-refractivity contribution in [2.45, 2.75) is 63.5 Å². The molecule has 4 bridgehead atoms. The second kappa shape index (κ2) is 8.17. The highest BCUT2D eigenvalue weighted by atomic mass is 16.5. The van der Waals surface area contributed by atoms with Crippen molar-refractivity contribution in [2.75, 3.05) is 27.8 Å². The number of hydrogen-bond donors (Lipinski definition) is 1. The Morgan fingerprint density at radius 2 is 1.69 bits per heavy atom. The maximum Gasteiger partial charge on any atom is 0.237 e. The summed E-state index contributed by atoms with van der Waals surface area (Å²) in [5.74, 6) is 4.23. The average molecular weight is 401 g/mol. The van der Waals surface area contributed by atoms with Gasteiger partial charge in [-0.1, -0.05) is 6.07 Å². The quantitative estimate of drug-likeness (QED) is 0.724. The molecule has 0 heterocycles. The summed E-state index contributed by atoms with van der Waals surface area (Å²) >= 11 is 0. The Labute approximate surface area is 175 Å². The first-order chi connectivity index (χ1) is 13.9. The monoisotopic (exact) mass is 400 g/mol. The molecule has 0 unspecified atom stereocenters. The van der Waals surface area contributed by atoms with Gasteiger partial charge in [0.15, 0.2) is 11.5 Å². The first kappa shape index (κ1) is 20.5. The smallest absolute Gasteiger partial charge is 0.237 e. The number of hydrogen-bond acceptors (Lipinski definition) is 4. The Morgan fingerprint density at radius 1 is 1.10 bits per heavy atom. The minimum absolute atomic E-state index is 0.0876. The fourth-order valence-electron chi connectivity index (χ4n) is 6.36. The van der Waals surface area contributed by atoms with Gasteiger partial charge in [0.25, 0.3) is 0 Å². The van der Waals surface area contributed by atoms with Gasteiger partial charge in [0, 0.05) is 12.1 Å². The number of carbonyl (C=O) groups is 1. The lowest BCUT2D eigenvalue weighted by molar-refractivity contribution is -0.131. The van der Waals surface area contributed by atoms with Crippen LogP contribution < -0.4 is 14.8 Å². The Balaban J connectivity index is 1.32. The maximum absolute atomic E-state index is 13.1. The molecule has 0 spiro atoms. The number of nitrogens with one attached hydrogen (secondary N) is 1. The third-order valence-electron chi connectivity index (χ3n) is 7.67. The molecule has 160 valence electrons. The number of amides is 1. The SMILES string of the molecule is COc1ccc(CCN(C)[C@@H](C)C(=O)NC23CC4CC(CC(C4)C2)C3)cc1OC. The first-order valence-corrected chi connectivity index (χ1v) is 11.1. The molecule has 5 heteroatoms. The molecule has 1 amide bonds. The molecule has 29 heavy (non-hydrogen) atoms. The molecular formula is C24H36N2O3. The molecule has 4 aliphatic rings. The van der Waals surface area contributed by atoms with Gasteiger partial charge < -0.3 is 14.8 Å². The Kier molecular flexibility index (Phi) is 5.78. The number of rotatable bonds is 8. The molecule has 4 saturated carbocycles. The van der Waals surface area contributed by atoms with Gasteiger partial charge in [-0.2, -0.15) is 0 Å². The largest absolute Gasteiger partial charge is 0.493 e. The minimum Gasteiger partial charge on any atom is -0.493 e. The molecule has 1 aromatic carbocycles. The summed E-state index contributed by atoms with van der Waals surface area (Å²) in [5.41, 5.74) is 1.27. The summed E-state index contributed by atoms with van der Waals surface area (Å²) in [4.78, 5) is 15.2. The van der Waals surface area contributed by atoms with Crippen molar-refractivity contribution < 1.29 is 14.3 Å². The summed E-state index contributed by atoms with van der Waals surface area (Å²) in [6, 6.07) is 5.91. The van der Waals surface area contributed by atoms with E-state index in [-0.39, 0.29) is 17.5 Å². The van der Waals surface area contributed by atoms with Gasteiger partial charge in [0.2, 0.25) is 5.91 Å². The maximum atomic E-state index is 13.1. The van der Waals surface area contributed by atoms with Crippen LogP contribution in [0.1, 0.15) is 51.0 Å². The van der Waals surface area contributed by atoms with Crippen LogP contribution in [0.15, 0.2) is 18.2 Å². The van der Waals surface area contributed by atoms with E-state index >= 15 is 0 Å². The number of likely N-dealkylation sites (N-methyl/N-ethyl adjacent to an activating group) is 1. The molecule has 1 atom stereocenters. The van der Waals surface area contributed by atoms with E-state index in [1.54, 1.807) is 14.2 Å². The van der Waals surface area contributed by atoms with Crippen molar-refractivity contribution in [3.63, 3.8) is 0 Å². The standard InChI is InChI=1S/C24H36N2O3/c1-16(26(2)8-7-17-5-6-21(28-3)22(12-17)29-4)23(27)25-24-13-18-9-19(14-24)11-20(10-18)15-24/h5-6,12,16,18-20H,7-11,13-15H2,1-4H3,(H,25,27)/t16-,18?,19?,20?,24?/m0/s1. The second-order valence-corrected chi connectivity index (χ2v) is 9.78. The molecule has 4 fully saturated rings. The number of carbonyl (C=O) groups excluding carboxylic acids is 1. The highest BCUT2D eigenvalue weighted by Gasteiger charge is 2.51. The fourth-order valence-corrected chi connectivity index (χ4v) is 6.36. The zero-order chi connectivity index (χ0) is 20.6. The lowest BCUT2D eigenvalue weighted by atomic mass is 9.53. The van der Waals surface area contributed by atoms with Crippen molar-refractivity contribution in [3.8, 4) is 11.5 Å². The van der Waals surface area contributed by atoms with Gasteiger partial charge >= 0.3 is 0 Å². The van der Waals surface area contributed by atoms with E-state index < -0.39 is 0 Å². The van der Waals surface area contributed by atoms with Crippen LogP contribution in [-0.2, 0) is 11.2 Å². The number of benzene rings is 1. The highest BCUT2D eigenvalue weighted by molar-refractivity contribution is 5.82. The van der Waals surface area contributed by atoms with Crippen molar-refractivity contribution in [3.05, 3.63) is 23.8 Å². The van der Waals surface area contributed by atoms with Crippen molar-refractivity contribution in [2.24, 2.45) is 17.8 Å². The van der Waals surface area contributed by atoms with E-state index in [2.05, 4.69) is 16.3 Å². The van der Waals surface area contributed by atoms with Gasteiger partial charge in [0.05, 0.1) is 20.3 Å². The summed E-state index contributed by atoms with van der Waals surface area (Å²) < 4.78 is 10.7. The Morgan fingerprint density at radius 3 is 2.24 bits per heavy atom. The first-order valence-electron chi connectivity index (χ1n) is 11.1. The molecule has 0 saturated heterocycles. The van der Waals surface area contributed by atoms with Crippen LogP contribution >= 0.6 is 0 Å². The lowest BCUT2D eigenvalue weighted by Gasteiger charge is -2.57. The van der Waals surface area contributed by atoms with E-state index in [0.29, 0.717) is 0 Å². The van der Waals surface area contributed by atoms with Crippen LogP contribution in [0.25, 0.3) is 0 Å². The van der Waals surface area contributed by atoms with Crippen LogP contribution in [0.4, 0.5) is 0 Å². The van der Waals surface area contributed by atoms with Crippen LogP contribution in [-0.4, -0.2) is 50.2 Å². The van der Waals surface area contributed by atoms with E-state index in [4.69, 9.17) is 9.47 Å². The van der Waals surface area contributed by atoms with Crippen molar-refractivity contribution in [1.82, 2.24) is 10.2 Å². The minimum atomic E-state index is -0.122. The summed E-state index contributed by atoms with van der Waals surface area (Å²) in [6.45, 7) is 2.86. The molecule has 5 rings (SSSR count). The lowest BCUT2D eigenvalue weighted by Crippen LogP contribution is -2.62. The van der Waals surface area contributed by atoms with Crippen molar-refractivity contribution in [1.29, 1.82) is 0 Å². The molecular weight excluding hydrogens is 364 g/mol. The topological polar surface area (TPSA) is 50.8 Å². The van der Waals surface area contributed by atoms with Crippen LogP contribution in [0.2, 0.25) is 0 Å². The Bertz CT molecular complexity index is 712. The second-order valence-electron chi connectivity index (χ2n) is 9.78. The predicted octanol–water partition coefficient (Wildman–Crippen LogP) is 3.65. The van der Waals surface area contributed by atoms with E-state index in [1.807, 2.05) is 26.1 Å². The third kappa shape index (κ3) is 4.25. The molecule has 4 aliphatic carbocycles. The van der Waals surface area contributed by atoms with Gasteiger partial charge in [-0.25, -0.2) is 0 Å².